The van der Waals surface area contributed by atoms with Gasteiger partial charge in [0, 0.05) is 12.3 Å². The smallest absolute Gasteiger partial charge is 0.122 e. The summed E-state index contributed by atoms with van der Waals surface area (Å²) in [6.07, 6.45) is 1.09. The Labute approximate surface area is 96.8 Å². The maximum Gasteiger partial charge on any atom is 0.122 e. The molecule has 0 bridgehead atoms. The lowest BCUT2D eigenvalue weighted by Crippen LogP contribution is -2.18. The highest BCUT2D eigenvalue weighted by Gasteiger charge is 2.15. The lowest BCUT2D eigenvalue weighted by Gasteiger charge is -2.14. The van der Waals surface area contributed by atoms with Gasteiger partial charge >= 0.3 is 0 Å². The first-order valence-electron chi connectivity index (χ1n) is 5.87. The van der Waals surface area contributed by atoms with Crippen molar-refractivity contribution >= 4 is 5.69 Å². The monoisotopic (exact) mass is 221 g/mol. The van der Waals surface area contributed by atoms with Crippen molar-refractivity contribution in [3.05, 3.63) is 23.8 Å². The van der Waals surface area contributed by atoms with E-state index in [1.807, 2.05) is 13.0 Å². The molecule has 0 radical (unpaired) electrons. The zero-order chi connectivity index (χ0) is 11.4. The van der Waals surface area contributed by atoms with E-state index in [-0.39, 0.29) is 0 Å². The van der Waals surface area contributed by atoms with E-state index >= 15 is 0 Å². The second-order valence-electron chi connectivity index (χ2n) is 4.12. The molecule has 1 aromatic carbocycles. The Morgan fingerprint density at radius 1 is 1.50 bits per heavy atom. The van der Waals surface area contributed by atoms with Crippen molar-refractivity contribution in [2.45, 2.75) is 26.3 Å². The Bertz CT molecular complexity index is 346. The molecular formula is C13H19NO2. The lowest BCUT2D eigenvalue weighted by molar-refractivity contribution is 0.195. The average Bonchev–Trinajstić information content (AvgIpc) is 2.75. The number of nitrogens with one attached hydrogen (secondary N) is 1. The maximum atomic E-state index is 5.51. The quantitative estimate of drug-likeness (QED) is 0.847. The minimum atomic E-state index is 0.456. The second-order valence-corrected chi connectivity index (χ2v) is 4.12. The number of hydrogen-bond acceptors (Lipinski definition) is 3. The molecule has 1 heterocycles. The van der Waals surface area contributed by atoms with Crippen molar-refractivity contribution in [2.75, 3.05) is 25.1 Å². The van der Waals surface area contributed by atoms with E-state index in [1.54, 1.807) is 0 Å². The van der Waals surface area contributed by atoms with Crippen LogP contribution < -0.4 is 10.1 Å². The Kier molecular flexibility index (Phi) is 3.67. The van der Waals surface area contributed by atoms with E-state index < -0.39 is 0 Å². The average molecular weight is 221 g/mol. The minimum Gasteiger partial charge on any atom is -0.494 e. The van der Waals surface area contributed by atoms with Gasteiger partial charge in [0.15, 0.2) is 0 Å². The molecule has 16 heavy (non-hydrogen) atoms. The van der Waals surface area contributed by atoms with E-state index in [4.69, 9.17) is 9.47 Å². The number of aryl methyl sites for hydroxylation is 1. The zero-order valence-corrected chi connectivity index (χ0v) is 9.95. The highest BCUT2D eigenvalue weighted by Crippen LogP contribution is 2.23. The molecule has 1 N–H and O–H groups in total. The number of benzene rings is 1. The van der Waals surface area contributed by atoms with Gasteiger partial charge in [0.2, 0.25) is 0 Å². The Morgan fingerprint density at radius 2 is 2.38 bits per heavy atom. The van der Waals surface area contributed by atoms with Gasteiger partial charge in [0.05, 0.1) is 19.3 Å². The van der Waals surface area contributed by atoms with Crippen LogP contribution in [0.5, 0.6) is 5.75 Å². The minimum absolute atomic E-state index is 0.456. The van der Waals surface area contributed by atoms with Gasteiger partial charge in [-0.25, -0.2) is 0 Å². The van der Waals surface area contributed by atoms with E-state index in [0.29, 0.717) is 12.6 Å². The Hall–Kier alpha value is -1.22. The predicted molar refractivity (Wildman–Crippen MR) is 65.2 cm³/mol. The molecule has 1 saturated heterocycles. The van der Waals surface area contributed by atoms with Crippen molar-refractivity contribution in [3.63, 3.8) is 0 Å². The van der Waals surface area contributed by atoms with Crippen molar-refractivity contribution in [1.29, 1.82) is 0 Å². The van der Waals surface area contributed by atoms with Crippen LogP contribution in [0.3, 0.4) is 0 Å². The first-order chi connectivity index (χ1) is 7.79. The summed E-state index contributed by atoms with van der Waals surface area (Å²) in [5.41, 5.74) is 2.32. The van der Waals surface area contributed by atoms with Crippen LogP contribution in [0.15, 0.2) is 18.2 Å². The molecule has 2 rings (SSSR count). The Balaban J connectivity index is 2.02. The van der Waals surface area contributed by atoms with E-state index in [0.717, 1.165) is 31.1 Å². The molecule has 3 heteroatoms. The SMILES string of the molecule is CCOc1ccc(NC2CCOC2)cc1C. The van der Waals surface area contributed by atoms with Gasteiger partial charge in [-0.15, -0.1) is 0 Å². The number of ether oxygens (including phenoxy) is 2. The van der Waals surface area contributed by atoms with Gasteiger partial charge in [-0.1, -0.05) is 0 Å². The van der Waals surface area contributed by atoms with Gasteiger partial charge in [-0.05, 0) is 44.0 Å². The molecule has 1 atom stereocenters. The molecule has 0 aliphatic carbocycles. The van der Waals surface area contributed by atoms with Gasteiger partial charge in [0.1, 0.15) is 5.75 Å². The third kappa shape index (κ3) is 2.67. The first kappa shape index (κ1) is 11.3. The molecule has 1 aromatic rings. The van der Waals surface area contributed by atoms with Crippen LogP contribution in [0.1, 0.15) is 18.9 Å². The zero-order valence-electron chi connectivity index (χ0n) is 9.95. The number of anilines is 1. The molecule has 1 aliphatic rings. The number of hydrogen-bond donors (Lipinski definition) is 1. The predicted octanol–water partition coefficient (Wildman–Crippen LogP) is 2.59. The van der Waals surface area contributed by atoms with Gasteiger partial charge in [0.25, 0.3) is 0 Å². The molecule has 0 spiro atoms. The molecule has 1 fully saturated rings. The van der Waals surface area contributed by atoms with Crippen LogP contribution in [0.2, 0.25) is 0 Å². The van der Waals surface area contributed by atoms with Gasteiger partial charge in [-0.3, -0.25) is 0 Å². The first-order valence-corrected chi connectivity index (χ1v) is 5.87. The van der Waals surface area contributed by atoms with E-state index in [9.17, 15) is 0 Å². The summed E-state index contributed by atoms with van der Waals surface area (Å²) in [5, 5.41) is 3.47. The molecule has 3 nitrogen and oxygen atoms in total. The fourth-order valence-corrected chi connectivity index (χ4v) is 1.94. The summed E-state index contributed by atoms with van der Waals surface area (Å²) in [7, 11) is 0. The normalized spacial score (nSPS) is 19.8. The van der Waals surface area contributed by atoms with Crippen molar-refractivity contribution in [2.24, 2.45) is 0 Å². The summed E-state index contributed by atoms with van der Waals surface area (Å²) in [6, 6.07) is 6.67. The summed E-state index contributed by atoms with van der Waals surface area (Å²) in [6.45, 7) is 6.47. The third-order valence-electron chi connectivity index (χ3n) is 2.78. The number of rotatable bonds is 4. The fourth-order valence-electron chi connectivity index (χ4n) is 1.94. The van der Waals surface area contributed by atoms with Crippen LogP contribution >= 0.6 is 0 Å². The maximum absolute atomic E-state index is 5.51. The molecule has 1 unspecified atom stereocenters. The largest absolute Gasteiger partial charge is 0.494 e. The van der Waals surface area contributed by atoms with Crippen LogP contribution in [0.4, 0.5) is 5.69 Å². The third-order valence-corrected chi connectivity index (χ3v) is 2.78. The van der Waals surface area contributed by atoms with Crippen LogP contribution in [0, 0.1) is 6.92 Å². The molecule has 1 aliphatic heterocycles. The topological polar surface area (TPSA) is 30.5 Å². The lowest BCUT2D eigenvalue weighted by atomic mass is 10.1. The Morgan fingerprint density at radius 3 is 3.00 bits per heavy atom. The van der Waals surface area contributed by atoms with Crippen molar-refractivity contribution in [3.8, 4) is 5.75 Å². The van der Waals surface area contributed by atoms with Crippen molar-refractivity contribution in [1.82, 2.24) is 0 Å². The second kappa shape index (κ2) is 5.21. The highest BCUT2D eigenvalue weighted by atomic mass is 16.5. The fraction of sp³-hybridized carbons (Fsp3) is 0.538. The van der Waals surface area contributed by atoms with Crippen LogP contribution in [0.25, 0.3) is 0 Å². The highest BCUT2D eigenvalue weighted by molar-refractivity contribution is 5.51. The molecule has 0 amide bonds. The summed E-state index contributed by atoms with van der Waals surface area (Å²) in [5.74, 6) is 0.968. The summed E-state index contributed by atoms with van der Waals surface area (Å²) < 4.78 is 10.8. The van der Waals surface area contributed by atoms with Gasteiger partial charge < -0.3 is 14.8 Å². The summed E-state index contributed by atoms with van der Waals surface area (Å²) in [4.78, 5) is 0. The van der Waals surface area contributed by atoms with E-state index in [2.05, 4.69) is 24.4 Å². The summed E-state index contributed by atoms with van der Waals surface area (Å²) >= 11 is 0. The standard InChI is InChI=1S/C13H19NO2/c1-3-16-13-5-4-11(8-10(13)2)14-12-6-7-15-9-12/h4-5,8,12,14H,3,6-7,9H2,1-2H3. The molecule has 0 aromatic heterocycles. The molecule has 0 saturated carbocycles. The van der Waals surface area contributed by atoms with E-state index in [1.165, 1.54) is 5.56 Å². The van der Waals surface area contributed by atoms with Gasteiger partial charge in [-0.2, -0.15) is 0 Å². The van der Waals surface area contributed by atoms with Crippen LogP contribution in [-0.4, -0.2) is 25.9 Å². The molecular weight excluding hydrogens is 202 g/mol. The molecule has 88 valence electrons. The van der Waals surface area contributed by atoms with Crippen LogP contribution in [-0.2, 0) is 4.74 Å². The van der Waals surface area contributed by atoms with Crippen molar-refractivity contribution < 1.29 is 9.47 Å².